The van der Waals surface area contributed by atoms with Gasteiger partial charge in [-0.05, 0) is 6.42 Å². The van der Waals surface area contributed by atoms with Crippen molar-refractivity contribution in [3.8, 4) is 0 Å². The van der Waals surface area contributed by atoms with Crippen LogP contribution in [0.15, 0.2) is 6.20 Å². The number of aryl methyl sites for hydroxylation is 1. The lowest BCUT2D eigenvalue weighted by atomic mass is 10.2. The molecule has 17 heavy (non-hydrogen) atoms. The average Bonchev–Trinajstić information content (AvgIpc) is 2.77. The van der Waals surface area contributed by atoms with Crippen molar-refractivity contribution in [1.29, 1.82) is 0 Å². The molecule has 0 bridgehead atoms. The molecule has 0 N–H and O–H groups in total. The van der Waals surface area contributed by atoms with E-state index < -0.39 is 0 Å². The molecule has 6 heteroatoms. The standard InChI is InChI=1S/C11H19N3O3/c1-3-5-14-10(9-12-13-14)11(15)4-6-17-8-7-16-2/h9H,3-8H2,1-2H3. The Morgan fingerprint density at radius 1 is 1.41 bits per heavy atom. The number of aromatic nitrogens is 3. The minimum Gasteiger partial charge on any atom is -0.382 e. The molecule has 0 aliphatic carbocycles. The van der Waals surface area contributed by atoms with Gasteiger partial charge in [0.1, 0.15) is 5.69 Å². The Morgan fingerprint density at radius 2 is 2.24 bits per heavy atom. The van der Waals surface area contributed by atoms with Crippen molar-refractivity contribution in [2.75, 3.05) is 26.9 Å². The van der Waals surface area contributed by atoms with Crippen LogP contribution >= 0.6 is 0 Å². The fraction of sp³-hybridized carbons (Fsp3) is 0.727. The summed E-state index contributed by atoms with van der Waals surface area (Å²) in [6, 6.07) is 0. The molecule has 0 fully saturated rings. The molecular weight excluding hydrogens is 222 g/mol. The van der Waals surface area contributed by atoms with Crippen LogP contribution in [0.25, 0.3) is 0 Å². The number of rotatable bonds is 9. The Bertz CT molecular complexity index is 338. The van der Waals surface area contributed by atoms with Crippen molar-refractivity contribution in [2.24, 2.45) is 0 Å². The second-order valence-electron chi connectivity index (χ2n) is 3.62. The van der Waals surface area contributed by atoms with E-state index in [0.717, 1.165) is 6.42 Å². The largest absolute Gasteiger partial charge is 0.382 e. The molecule has 0 radical (unpaired) electrons. The molecule has 0 atom stereocenters. The molecule has 0 spiro atoms. The van der Waals surface area contributed by atoms with E-state index in [2.05, 4.69) is 10.3 Å². The first-order valence-electron chi connectivity index (χ1n) is 5.78. The van der Waals surface area contributed by atoms with E-state index >= 15 is 0 Å². The van der Waals surface area contributed by atoms with Crippen LogP contribution in [0.5, 0.6) is 0 Å². The third kappa shape index (κ3) is 4.62. The zero-order valence-electron chi connectivity index (χ0n) is 10.4. The number of ketones is 1. The SMILES string of the molecule is CCCn1nncc1C(=O)CCOCCOC. The number of Topliss-reactive ketones (excluding diaryl/α,β-unsaturated/α-hetero) is 1. The number of hydrogen-bond acceptors (Lipinski definition) is 5. The maximum Gasteiger partial charge on any atom is 0.184 e. The number of hydrogen-bond donors (Lipinski definition) is 0. The first-order valence-corrected chi connectivity index (χ1v) is 5.78. The summed E-state index contributed by atoms with van der Waals surface area (Å²) in [5, 5.41) is 7.62. The van der Waals surface area contributed by atoms with Crippen molar-refractivity contribution < 1.29 is 14.3 Å². The molecule has 0 unspecified atom stereocenters. The van der Waals surface area contributed by atoms with Gasteiger partial charge in [0.25, 0.3) is 0 Å². The number of ether oxygens (including phenoxy) is 2. The van der Waals surface area contributed by atoms with Crippen molar-refractivity contribution >= 4 is 5.78 Å². The highest BCUT2D eigenvalue weighted by atomic mass is 16.5. The highest BCUT2D eigenvalue weighted by Crippen LogP contribution is 2.02. The summed E-state index contributed by atoms with van der Waals surface area (Å²) in [4.78, 5) is 11.8. The van der Waals surface area contributed by atoms with Crippen LogP contribution in [0.4, 0.5) is 0 Å². The quantitative estimate of drug-likeness (QED) is 0.475. The summed E-state index contributed by atoms with van der Waals surface area (Å²) >= 11 is 0. The van der Waals surface area contributed by atoms with E-state index in [9.17, 15) is 4.79 Å². The van der Waals surface area contributed by atoms with Crippen LogP contribution in [0.3, 0.4) is 0 Å². The maximum absolute atomic E-state index is 11.8. The molecule has 0 saturated carbocycles. The number of methoxy groups -OCH3 is 1. The van der Waals surface area contributed by atoms with Crippen LogP contribution in [-0.2, 0) is 16.0 Å². The van der Waals surface area contributed by atoms with Gasteiger partial charge in [-0.15, -0.1) is 5.10 Å². The highest BCUT2D eigenvalue weighted by Gasteiger charge is 2.12. The molecule has 0 aliphatic heterocycles. The molecular formula is C11H19N3O3. The Morgan fingerprint density at radius 3 is 2.94 bits per heavy atom. The fourth-order valence-electron chi connectivity index (χ4n) is 1.39. The smallest absolute Gasteiger partial charge is 0.184 e. The van der Waals surface area contributed by atoms with Crippen LogP contribution in [0.1, 0.15) is 30.3 Å². The summed E-state index contributed by atoms with van der Waals surface area (Å²) < 4.78 is 11.7. The van der Waals surface area contributed by atoms with Gasteiger partial charge >= 0.3 is 0 Å². The second kappa shape index (κ2) is 7.92. The Hall–Kier alpha value is -1.27. The first-order chi connectivity index (χ1) is 8.29. The molecule has 1 heterocycles. The van der Waals surface area contributed by atoms with Crippen LogP contribution < -0.4 is 0 Å². The zero-order valence-corrected chi connectivity index (χ0v) is 10.4. The van der Waals surface area contributed by atoms with Gasteiger partial charge in [-0.3, -0.25) is 4.79 Å². The lowest BCUT2D eigenvalue weighted by molar-refractivity contribution is 0.0637. The summed E-state index contributed by atoms with van der Waals surface area (Å²) in [6.07, 6.45) is 2.78. The predicted octanol–water partition coefficient (Wildman–Crippen LogP) is 0.924. The van der Waals surface area contributed by atoms with Gasteiger partial charge in [0, 0.05) is 20.1 Å². The van der Waals surface area contributed by atoms with Crippen LogP contribution in [-0.4, -0.2) is 47.7 Å². The van der Waals surface area contributed by atoms with Gasteiger partial charge in [0.05, 0.1) is 26.0 Å². The molecule has 1 aromatic heterocycles. The van der Waals surface area contributed by atoms with Crippen molar-refractivity contribution in [3.05, 3.63) is 11.9 Å². The number of nitrogens with zero attached hydrogens (tertiary/aromatic N) is 3. The fourth-order valence-corrected chi connectivity index (χ4v) is 1.39. The van der Waals surface area contributed by atoms with E-state index in [1.54, 1.807) is 11.8 Å². The topological polar surface area (TPSA) is 66.2 Å². The molecule has 0 saturated heterocycles. The van der Waals surface area contributed by atoms with E-state index in [-0.39, 0.29) is 5.78 Å². The van der Waals surface area contributed by atoms with Crippen molar-refractivity contribution in [2.45, 2.75) is 26.3 Å². The second-order valence-corrected chi connectivity index (χ2v) is 3.62. The van der Waals surface area contributed by atoms with Crippen LogP contribution in [0, 0.1) is 0 Å². The molecule has 1 rings (SSSR count). The summed E-state index contributed by atoms with van der Waals surface area (Å²) in [5.74, 6) is 0.0147. The number of carbonyl (C=O) groups is 1. The minimum atomic E-state index is 0.0147. The molecule has 96 valence electrons. The van der Waals surface area contributed by atoms with Crippen molar-refractivity contribution in [3.63, 3.8) is 0 Å². The van der Waals surface area contributed by atoms with E-state index in [1.807, 2.05) is 6.92 Å². The summed E-state index contributed by atoms with van der Waals surface area (Å²) in [7, 11) is 1.61. The predicted molar refractivity (Wildman–Crippen MR) is 62.0 cm³/mol. The molecule has 0 amide bonds. The molecule has 0 aliphatic rings. The lowest BCUT2D eigenvalue weighted by Gasteiger charge is -2.04. The van der Waals surface area contributed by atoms with Crippen LogP contribution in [0.2, 0.25) is 0 Å². The Labute approximate surface area is 101 Å². The van der Waals surface area contributed by atoms with E-state index in [0.29, 0.717) is 38.5 Å². The monoisotopic (exact) mass is 241 g/mol. The summed E-state index contributed by atoms with van der Waals surface area (Å²) in [6.45, 7) is 4.20. The van der Waals surface area contributed by atoms with Gasteiger partial charge < -0.3 is 9.47 Å². The molecule has 0 aromatic carbocycles. The Balaban J connectivity index is 2.33. The van der Waals surface area contributed by atoms with Gasteiger partial charge in [-0.1, -0.05) is 12.1 Å². The lowest BCUT2D eigenvalue weighted by Crippen LogP contribution is -2.13. The normalized spacial score (nSPS) is 10.7. The zero-order chi connectivity index (χ0) is 12.5. The number of carbonyl (C=O) groups excluding carboxylic acids is 1. The molecule has 1 aromatic rings. The third-order valence-corrected chi connectivity index (χ3v) is 2.24. The van der Waals surface area contributed by atoms with E-state index in [4.69, 9.17) is 9.47 Å². The average molecular weight is 241 g/mol. The first kappa shape index (κ1) is 13.8. The van der Waals surface area contributed by atoms with E-state index in [1.165, 1.54) is 6.20 Å². The highest BCUT2D eigenvalue weighted by molar-refractivity contribution is 5.94. The van der Waals surface area contributed by atoms with Gasteiger partial charge in [-0.25, -0.2) is 4.68 Å². The van der Waals surface area contributed by atoms with Gasteiger partial charge in [0.2, 0.25) is 0 Å². The Kier molecular flexibility index (Phi) is 6.42. The van der Waals surface area contributed by atoms with Crippen molar-refractivity contribution in [1.82, 2.24) is 15.0 Å². The summed E-state index contributed by atoms with van der Waals surface area (Å²) in [5.41, 5.74) is 0.558. The minimum absolute atomic E-state index is 0.0147. The molecule has 6 nitrogen and oxygen atoms in total. The van der Waals surface area contributed by atoms with Gasteiger partial charge in [0.15, 0.2) is 5.78 Å². The third-order valence-electron chi connectivity index (χ3n) is 2.24. The van der Waals surface area contributed by atoms with Gasteiger partial charge in [-0.2, -0.15) is 0 Å². The maximum atomic E-state index is 11.8.